The van der Waals surface area contributed by atoms with E-state index in [0.717, 1.165) is 5.56 Å². The van der Waals surface area contributed by atoms with Crippen LogP contribution in [0.3, 0.4) is 0 Å². The zero-order valence-electron chi connectivity index (χ0n) is 17.7. The van der Waals surface area contributed by atoms with Gasteiger partial charge in [0.15, 0.2) is 0 Å². The van der Waals surface area contributed by atoms with Crippen molar-refractivity contribution in [3.8, 4) is 0 Å². The van der Waals surface area contributed by atoms with Gasteiger partial charge in [0, 0.05) is 13.0 Å². The van der Waals surface area contributed by atoms with E-state index < -0.39 is 12.1 Å². The topological polar surface area (TPSA) is 69.6 Å². The molecule has 0 saturated carbocycles. The van der Waals surface area contributed by atoms with Crippen LogP contribution in [0.2, 0.25) is 0 Å². The average molecular weight is 367 g/mol. The smallest absolute Gasteiger partial charge is 0.220 e. The molecule has 0 aliphatic carbocycles. The van der Waals surface area contributed by atoms with Crippen LogP contribution < -0.4 is 5.32 Å². The molecule has 0 saturated heterocycles. The highest BCUT2D eigenvalue weighted by Gasteiger charge is 2.31. The van der Waals surface area contributed by atoms with E-state index in [4.69, 9.17) is 0 Å². The van der Waals surface area contributed by atoms with Crippen molar-refractivity contribution in [3.05, 3.63) is 35.9 Å². The number of benzene rings is 1. The average Bonchev–Trinajstić information content (AvgIpc) is 2.63. The van der Waals surface area contributed by atoms with E-state index in [2.05, 4.69) is 5.32 Å². The first-order valence-electron chi connectivity index (χ1n) is 9.48. The van der Waals surface area contributed by atoms with E-state index in [1.807, 2.05) is 58.0 Å². The summed E-state index contributed by atoms with van der Waals surface area (Å²) >= 11 is 0. The van der Waals surface area contributed by atoms with E-state index in [0.29, 0.717) is 6.54 Å². The summed E-state index contributed by atoms with van der Waals surface area (Å²) in [5.41, 5.74) is 1.03. The lowest BCUT2D eigenvalue weighted by molar-refractivity contribution is -0.129. The number of hydrogen-bond acceptors (Lipinski definition) is 4. The summed E-state index contributed by atoms with van der Waals surface area (Å²) in [6.07, 6.45) is -0.680. The first-order valence-corrected chi connectivity index (χ1v) is 9.48. The molecule has 0 radical (unpaired) electrons. The monoisotopic (exact) mass is 366 g/mol. The molecule has 1 rings (SSSR count). The van der Waals surface area contributed by atoms with Gasteiger partial charge < -0.3 is 10.4 Å². The van der Waals surface area contributed by atoms with Gasteiger partial charge in [-0.2, -0.15) is 0 Å². The number of aliphatic hydroxyl groups excluding tert-OH is 1. The highest BCUT2D eigenvalue weighted by Crippen LogP contribution is 2.15. The number of hydrogen-bond donors (Lipinski definition) is 2. The lowest BCUT2D eigenvalue weighted by atomic mass is 9.92. The predicted octanol–water partition coefficient (Wildman–Crippen LogP) is 3.26. The van der Waals surface area contributed by atoms with Crippen molar-refractivity contribution in [2.75, 3.05) is 14.1 Å². The Morgan fingerprint density at radius 1 is 1.08 bits per heavy atom. The number of aliphatic hydroxyl groups is 1. The summed E-state index contributed by atoms with van der Waals surface area (Å²) in [4.78, 5) is 25.3. The van der Waals surface area contributed by atoms with Crippen molar-refractivity contribution in [2.45, 2.75) is 66.7 Å². The molecule has 1 unspecified atom stereocenters. The normalized spacial score (nSPS) is 13.3. The minimum absolute atomic E-state index is 0.103. The number of amides is 1. The zero-order valence-corrected chi connectivity index (χ0v) is 17.7. The maximum atomic E-state index is 12.0. The van der Waals surface area contributed by atoms with Crippen molar-refractivity contribution < 1.29 is 14.7 Å². The second-order valence-corrected chi connectivity index (χ2v) is 5.95. The highest BCUT2D eigenvalue weighted by atomic mass is 16.3. The number of carbonyl (C=O) groups excluding carboxylic acids is 2. The third kappa shape index (κ3) is 10.3. The summed E-state index contributed by atoms with van der Waals surface area (Å²) in [5, 5.41) is 13.1. The number of carbonyl (C=O) groups is 2. The lowest BCUT2D eigenvalue weighted by Gasteiger charge is -2.30. The second-order valence-electron chi connectivity index (χ2n) is 5.95. The molecule has 0 aliphatic rings. The van der Waals surface area contributed by atoms with E-state index >= 15 is 0 Å². The van der Waals surface area contributed by atoms with Gasteiger partial charge in [0.2, 0.25) is 5.91 Å². The number of Topliss-reactive ketones (excluding diaryl/α,β-unsaturated/α-hetero) is 1. The standard InChI is InChI=1S/C17H26N2O3.2C2H6/c1-12(17(22)16(13(2)20)19(3)4)10-15(21)18-11-14-8-6-5-7-9-14;2*1-2/h5-9,12,16-17,22H,10-11H2,1-4H3,(H,18,21);2*1-2H3/t12-,16-,17?;;/m1../s1. The molecule has 1 aromatic rings. The molecular weight excluding hydrogens is 328 g/mol. The molecule has 5 nitrogen and oxygen atoms in total. The number of nitrogens with zero attached hydrogens (tertiary/aromatic N) is 1. The van der Waals surface area contributed by atoms with Crippen LogP contribution in [0.5, 0.6) is 0 Å². The summed E-state index contributed by atoms with van der Waals surface area (Å²) in [5.74, 6) is -0.530. The van der Waals surface area contributed by atoms with Crippen LogP contribution in [-0.4, -0.2) is 47.9 Å². The summed E-state index contributed by atoms with van der Waals surface area (Å²) in [7, 11) is 3.50. The first kappa shape index (κ1) is 26.5. The minimum atomic E-state index is -0.866. The molecule has 0 spiro atoms. The van der Waals surface area contributed by atoms with Crippen molar-refractivity contribution in [1.82, 2.24) is 10.2 Å². The van der Waals surface area contributed by atoms with E-state index in [1.165, 1.54) is 6.92 Å². The van der Waals surface area contributed by atoms with Crippen LogP contribution in [0, 0.1) is 5.92 Å². The maximum Gasteiger partial charge on any atom is 0.220 e. The number of ketones is 1. The fourth-order valence-electron chi connectivity index (χ4n) is 2.50. The molecule has 2 N–H and O–H groups in total. The Balaban J connectivity index is 0. The third-order valence-corrected chi connectivity index (χ3v) is 3.72. The molecule has 0 bridgehead atoms. The van der Waals surface area contributed by atoms with Gasteiger partial charge in [-0.25, -0.2) is 0 Å². The molecule has 0 aromatic heterocycles. The van der Waals surface area contributed by atoms with Gasteiger partial charge in [-0.05, 0) is 32.5 Å². The van der Waals surface area contributed by atoms with Crippen LogP contribution >= 0.6 is 0 Å². The summed E-state index contributed by atoms with van der Waals surface area (Å²) in [6, 6.07) is 9.06. The van der Waals surface area contributed by atoms with Crippen molar-refractivity contribution in [1.29, 1.82) is 0 Å². The minimum Gasteiger partial charge on any atom is -0.391 e. The number of rotatable bonds is 8. The molecule has 26 heavy (non-hydrogen) atoms. The van der Waals surface area contributed by atoms with Gasteiger partial charge in [-0.1, -0.05) is 65.0 Å². The molecule has 0 aliphatic heterocycles. The van der Waals surface area contributed by atoms with E-state index in [9.17, 15) is 14.7 Å². The molecule has 150 valence electrons. The van der Waals surface area contributed by atoms with E-state index in [1.54, 1.807) is 25.9 Å². The summed E-state index contributed by atoms with van der Waals surface area (Å²) < 4.78 is 0. The molecular formula is C21H38N2O3. The molecule has 3 atom stereocenters. The summed E-state index contributed by atoms with van der Waals surface area (Å²) in [6.45, 7) is 11.7. The maximum absolute atomic E-state index is 12.0. The van der Waals surface area contributed by atoms with Gasteiger partial charge in [-0.15, -0.1) is 0 Å². The zero-order chi connectivity index (χ0) is 20.7. The predicted molar refractivity (Wildman–Crippen MR) is 109 cm³/mol. The van der Waals surface area contributed by atoms with E-state index in [-0.39, 0.29) is 24.0 Å². The van der Waals surface area contributed by atoms with Gasteiger partial charge in [-0.3, -0.25) is 14.5 Å². The molecule has 0 heterocycles. The number of likely N-dealkylation sites (N-methyl/N-ethyl adjacent to an activating group) is 1. The molecule has 0 fully saturated rings. The van der Waals surface area contributed by atoms with Gasteiger partial charge in [0.25, 0.3) is 0 Å². The van der Waals surface area contributed by atoms with Crippen LogP contribution in [-0.2, 0) is 16.1 Å². The Kier molecular flexibility index (Phi) is 15.8. The van der Waals surface area contributed by atoms with Gasteiger partial charge in [0.1, 0.15) is 5.78 Å². The Morgan fingerprint density at radius 3 is 2.00 bits per heavy atom. The van der Waals surface area contributed by atoms with Crippen molar-refractivity contribution in [2.24, 2.45) is 5.92 Å². The van der Waals surface area contributed by atoms with Crippen molar-refractivity contribution in [3.63, 3.8) is 0 Å². The van der Waals surface area contributed by atoms with Gasteiger partial charge >= 0.3 is 0 Å². The Hall–Kier alpha value is -1.72. The first-order chi connectivity index (χ1) is 12.3. The largest absolute Gasteiger partial charge is 0.391 e. The highest BCUT2D eigenvalue weighted by molar-refractivity contribution is 5.82. The van der Waals surface area contributed by atoms with Crippen LogP contribution in [0.15, 0.2) is 30.3 Å². The van der Waals surface area contributed by atoms with Crippen molar-refractivity contribution >= 4 is 11.7 Å². The lowest BCUT2D eigenvalue weighted by Crippen LogP contribution is -2.47. The SMILES string of the molecule is CC.CC.CC(=O)[C@H](C(O)[C@H](C)CC(=O)NCc1ccccc1)N(C)C. The van der Waals surface area contributed by atoms with Crippen LogP contribution in [0.25, 0.3) is 0 Å². The fourth-order valence-corrected chi connectivity index (χ4v) is 2.50. The van der Waals surface area contributed by atoms with Gasteiger partial charge in [0.05, 0.1) is 12.1 Å². The third-order valence-electron chi connectivity index (χ3n) is 3.72. The number of nitrogens with one attached hydrogen (secondary N) is 1. The van der Waals surface area contributed by atoms with Crippen LogP contribution in [0.1, 0.15) is 53.5 Å². The fraction of sp³-hybridized carbons (Fsp3) is 0.619. The Labute approximate surface area is 159 Å². The Bertz CT molecular complexity index is 489. The Morgan fingerprint density at radius 2 is 1.58 bits per heavy atom. The second kappa shape index (κ2) is 15.5. The van der Waals surface area contributed by atoms with Crippen LogP contribution in [0.4, 0.5) is 0 Å². The molecule has 1 aromatic carbocycles. The molecule has 1 amide bonds. The molecule has 5 heteroatoms. The quantitative estimate of drug-likeness (QED) is 0.741.